The zero-order valence-corrected chi connectivity index (χ0v) is 7.57. The molecular weight excluding hydrogens is 166 g/mol. The zero-order valence-electron chi connectivity index (χ0n) is 7.57. The first-order valence-electron chi connectivity index (χ1n) is 3.97. The molecule has 0 saturated carbocycles. The lowest BCUT2D eigenvalue weighted by atomic mass is 10.2. The number of ether oxygens (including phenoxy) is 2. The van der Waals surface area contributed by atoms with Crippen molar-refractivity contribution in [1.82, 2.24) is 0 Å². The monoisotopic (exact) mass is 179 g/mol. The minimum Gasteiger partial charge on any atom is -0.468 e. The average Bonchev–Trinajstić information content (AvgIpc) is 2.16. The van der Waals surface area contributed by atoms with Crippen LogP contribution < -0.4 is 10.5 Å². The highest BCUT2D eigenvalue weighted by atomic mass is 16.7. The van der Waals surface area contributed by atoms with Gasteiger partial charge in [-0.05, 0) is 30.0 Å². The van der Waals surface area contributed by atoms with Crippen LogP contribution >= 0.6 is 0 Å². The van der Waals surface area contributed by atoms with Crippen molar-refractivity contribution >= 4 is 6.08 Å². The molecule has 1 aromatic rings. The lowest BCUT2D eigenvalue weighted by Crippen LogP contribution is -1.98. The van der Waals surface area contributed by atoms with Crippen molar-refractivity contribution in [3.63, 3.8) is 0 Å². The molecule has 0 aliphatic heterocycles. The van der Waals surface area contributed by atoms with Gasteiger partial charge in [0, 0.05) is 7.11 Å². The lowest BCUT2D eigenvalue weighted by Gasteiger charge is -2.04. The summed E-state index contributed by atoms with van der Waals surface area (Å²) >= 11 is 0. The molecule has 70 valence electrons. The van der Waals surface area contributed by atoms with Crippen molar-refractivity contribution in [2.45, 2.75) is 0 Å². The van der Waals surface area contributed by atoms with Gasteiger partial charge in [-0.2, -0.15) is 0 Å². The topological polar surface area (TPSA) is 44.5 Å². The smallest absolute Gasteiger partial charge is 0.188 e. The SMILES string of the molecule is COCOc1cccc(C=CN)c1. The third-order valence-electron chi connectivity index (χ3n) is 1.49. The molecule has 0 aliphatic rings. The molecule has 3 heteroatoms. The number of rotatable bonds is 4. The Morgan fingerprint density at radius 1 is 1.46 bits per heavy atom. The summed E-state index contributed by atoms with van der Waals surface area (Å²) in [6, 6.07) is 7.61. The number of nitrogens with two attached hydrogens (primary N) is 1. The maximum atomic E-state index is 5.26. The van der Waals surface area contributed by atoms with Crippen LogP contribution in [0.25, 0.3) is 6.08 Å². The Morgan fingerprint density at radius 2 is 2.31 bits per heavy atom. The minimum absolute atomic E-state index is 0.260. The van der Waals surface area contributed by atoms with Gasteiger partial charge in [-0.15, -0.1) is 0 Å². The zero-order chi connectivity index (χ0) is 9.52. The fourth-order valence-electron chi connectivity index (χ4n) is 0.946. The molecule has 0 spiro atoms. The van der Waals surface area contributed by atoms with Crippen molar-refractivity contribution in [2.24, 2.45) is 5.73 Å². The summed E-state index contributed by atoms with van der Waals surface area (Å²) in [6.45, 7) is 0.260. The van der Waals surface area contributed by atoms with Gasteiger partial charge in [0.25, 0.3) is 0 Å². The van der Waals surface area contributed by atoms with Gasteiger partial charge in [0.2, 0.25) is 0 Å². The van der Waals surface area contributed by atoms with Gasteiger partial charge < -0.3 is 15.2 Å². The first-order valence-corrected chi connectivity index (χ1v) is 3.97. The summed E-state index contributed by atoms with van der Waals surface area (Å²) in [7, 11) is 1.59. The van der Waals surface area contributed by atoms with E-state index in [0.29, 0.717) is 0 Å². The largest absolute Gasteiger partial charge is 0.468 e. The molecule has 0 aliphatic carbocycles. The van der Waals surface area contributed by atoms with Gasteiger partial charge in [-0.1, -0.05) is 12.1 Å². The van der Waals surface area contributed by atoms with Crippen molar-refractivity contribution in [1.29, 1.82) is 0 Å². The molecule has 2 N–H and O–H groups in total. The summed E-state index contributed by atoms with van der Waals surface area (Å²) in [5.41, 5.74) is 6.27. The van der Waals surface area contributed by atoms with E-state index in [9.17, 15) is 0 Å². The first-order chi connectivity index (χ1) is 6.36. The van der Waals surface area contributed by atoms with E-state index < -0.39 is 0 Å². The Kier molecular flexibility index (Phi) is 3.85. The fraction of sp³-hybridized carbons (Fsp3) is 0.200. The molecule has 1 rings (SSSR count). The Balaban J connectivity index is 2.67. The van der Waals surface area contributed by atoms with Gasteiger partial charge in [0.1, 0.15) is 5.75 Å². The molecule has 0 fully saturated rings. The molecule has 0 saturated heterocycles. The third-order valence-corrected chi connectivity index (χ3v) is 1.49. The quantitative estimate of drug-likeness (QED) is 0.714. The molecule has 0 radical (unpaired) electrons. The van der Waals surface area contributed by atoms with Crippen LogP contribution in [0.15, 0.2) is 30.5 Å². The molecular formula is C10H13NO2. The second-order valence-electron chi connectivity index (χ2n) is 2.48. The van der Waals surface area contributed by atoms with Crippen LogP contribution in [-0.2, 0) is 4.74 Å². The molecule has 0 atom stereocenters. The Labute approximate surface area is 77.8 Å². The van der Waals surface area contributed by atoms with Gasteiger partial charge in [0.15, 0.2) is 6.79 Å². The van der Waals surface area contributed by atoms with E-state index in [0.717, 1.165) is 11.3 Å². The van der Waals surface area contributed by atoms with E-state index in [2.05, 4.69) is 0 Å². The molecule has 1 aromatic carbocycles. The Hall–Kier alpha value is -1.48. The molecule has 3 nitrogen and oxygen atoms in total. The second-order valence-corrected chi connectivity index (χ2v) is 2.48. The van der Waals surface area contributed by atoms with Gasteiger partial charge in [-0.3, -0.25) is 0 Å². The normalized spacial score (nSPS) is 10.5. The summed E-state index contributed by atoms with van der Waals surface area (Å²) in [6.07, 6.45) is 3.30. The molecule has 0 amide bonds. The van der Waals surface area contributed by atoms with Crippen LogP contribution in [0.2, 0.25) is 0 Å². The van der Waals surface area contributed by atoms with Crippen LogP contribution in [0, 0.1) is 0 Å². The summed E-state index contributed by atoms with van der Waals surface area (Å²) < 4.78 is 10.0. The number of benzene rings is 1. The predicted octanol–water partition coefficient (Wildman–Crippen LogP) is 1.60. The number of hydrogen-bond acceptors (Lipinski definition) is 3. The van der Waals surface area contributed by atoms with Crippen molar-refractivity contribution in [3.8, 4) is 5.75 Å². The highest BCUT2D eigenvalue weighted by molar-refractivity contribution is 5.51. The minimum atomic E-state index is 0.260. The Morgan fingerprint density at radius 3 is 3.00 bits per heavy atom. The van der Waals surface area contributed by atoms with E-state index in [1.165, 1.54) is 6.20 Å². The van der Waals surface area contributed by atoms with Crippen LogP contribution in [-0.4, -0.2) is 13.9 Å². The summed E-state index contributed by atoms with van der Waals surface area (Å²) in [5, 5.41) is 0. The highest BCUT2D eigenvalue weighted by Crippen LogP contribution is 2.13. The predicted molar refractivity (Wildman–Crippen MR) is 52.2 cm³/mol. The summed E-state index contributed by atoms with van der Waals surface area (Å²) in [4.78, 5) is 0. The highest BCUT2D eigenvalue weighted by Gasteiger charge is 1.92. The van der Waals surface area contributed by atoms with E-state index in [-0.39, 0.29) is 6.79 Å². The van der Waals surface area contributed by atoms with Crippen molar-refractivity contribution in [2.75, 3.05) is 13.9 Å². The van der Waals surface area contributed by atoms with E-state index in [1.807, 2.05) is 24.3 Å². The Bertz CT molecular complexity index is 284. The molecule has 13 heavy (non-hydrogen) atoms. The number of hydrogen-bond donors (Lipinski definition) is 1. The van der Waals surface area contributed by atoms with Crippen LogP contribution in [0.3, 0.4) is 0 Å². The van der Waals surface area contributed by atoms with E-state index in [1.54, 1.807) is 13.2 Å². The molecule has 0 unspecified atom stereocenters. The maximum Gasteiger partial charge on any atom is 0.188 e. The maximum absolute atomic E-state index is 5.26. The van der Waals surface area contributed by atoms with Crippen LogP contribution in [0.5, 0.6) is 5.75 Å². The van der Waals surface area contributed by atoms with Gasteiger partial charge >= 0.3 is 0 Å². The fourth-order valence-corrected chi connectivity index (χ4v) is 0.946. The standard InChI is InChI=1S/C10H13NO2/c1-12-8-13-10-4-2-3-9(7-10)5-6-11/h2-7H,8,11H2,1H3. The first kappa shape index (κ1) is 9.61. The van der Waals surface area contributed by atoms with Gasteiger partial charge in [-0.25, -0.2) is 0 Å². The van der Waals surface area contributed by atoms with Crippen molar-refractivity contribution in [3.05, 3.63) is 36.0 Å². The lowest BCUT2D eigenvalue weighted by molar-refractivity contribution is 0.0511. The van der Waals surface area contributed by atoms with Gasteiger partial charge in [0.05, 0.1) is 0 Å². The second kappa shape index (κ2) is 5.22. The van der Waals surface area contributed by atoms with Crippen LogP contribution in [0.4, 0.5) is 0 Å². The van der Waals surface area contributed by atoms with Crippen molar-refractivity contribution < 1.29 is 9.47 Å². The van der Waals surface area contributed by atoms with E-state index in [4.69, 9.17) is 15.2 Å². The molecule has 0 bridgehead atoms. The average molecular weight is 179 g/mol. The van der Waals surface area contributed by atoms with E-state index >= 15 is 0 Å². The molecule has 0 heterocycles. The summed E-state index contributed by atoms with van der Waals surface area (Å²) in [5.74, 6) is 0.775. The van der Waals surface area contributed by atoms with Crippen LogP contribution in [0.1, 0.15) is 5.56 Å². The molecule has 0 aromatic heterocycles. The number of methoxy groups -OCH3 is 1. The third kappa shape index (κ3) is 3.17.